The molecule has 13 N–H and O–H groups in total. The quantitative estimate of drug-likeness (QED) is 0.0814. The maximum absolute atomic E-state index is 11.9. The summed E-state index contributed by atoms with van der Waals surface area (Å²) in [5, 5.41) is 91.3. The first kappa shape index (κ1) is 36.8. The second-order valence-electron chi connectivity index (χ2n) is 10.4. The number of imidazole rings is 1. The summed E-state index contributed by atoms with van der Waals surface area (Å²) in [6.45, 7) is -1.57. The average Bonchev–Trinajstić information content (AvgIpc) is 3.55. The second-order valence-corrected chi connectivity index (χ2v) is 11.6. The molecular weight excluding hydrogens is 669 g/mol. The van der Waals surface area contributed by atoms with Crippen molar-refractivity contribution in [3.63, 3.8) is 0 Å². The molecule has 2 saturated heterocycles. The lowest BCUT2D eigenvalue weighted by Gasteiger charge is -2.43. The van der Waals surface area contributed by atoms with Crippen molar-refractivity contribution in [2.45, 2.75) is 79.7 Å². The number of carboxylic acids is 2. The lowest BCUT2D eigenvalue weighted by atomic mass is 9.98. The van der Waals surface area contributed by atoms with Crippen LogP contribution >= 0.6 is 7.82 Å². The van der Waals surface area contributed by atoms with E-state index in [1.54, 1.807) is 0 Å². The number of hydrogen-bond acceptors (Lipinski definition) is 19. The summed E-state index contributed by atoms with van der Waals surface area (Å²) >= 11 is 0. The number of aliphatic hydroxyl groups excluding tert-OH is 7. The second kappa shape index (κ2) is 14.6. The zero-order chi connectivity index (χ0) is 35.0. The molecule has 0 saturated carbocycles. The Bertz CT molecular complexity index is 1460. The first-order chi connectivity index (χ1) is 22.0. The van der Waals surface area contributed by atoms with Crippen molar-refractivity contribution in [1.29, 1.82) is 0 Å². The first-order valence-electron chi connectivity index (χ1n) is 13.4. The number of anilines is 1. The molecule has 2 aromatic rings. The largest absolute Gasteiger partial charge is 0.479 e. The van der Waals surface area contributed by atoms with Crippen LogP contribution in [0.1, 0.15) is 6.23 Å². The van der Waals surface area contributed by atoms with Gasteiger partial charge in [0.15, 0.2) is 36.2 Å². The highest BCUT2D eigenvalue weighted by atomic mass is 31.2. The molecule has 25 heteroatoms. The van der Waals surface area contributed by atoms with Crippen LogP contribution in [0.5, 0.6) is 0 Å². The molecule has 2 fully saturated rings. The minimum Gasteiger partial charge on any atom is -0.479 e. The summed E-state index contributed by atoms with van der Waals surface area (Å²) in [5.74, 6) is -4.26. The molecule has 0 spiro atoms. The predicted molar refractivity (Wildman–Crippen MR) is 142 cm³/mol. The molecule has 24 nitrogen and oxygen atoms in total. The first-order valence-corrected chi connectivity index (χ1v) is 14.9. The molecule has 0 bridgehead atoms. The molecule has 2 aliphatic rings. The Morgan fingerprint density at radius 3 is 2.26 bits per heavy atom. The fourth-order valence-electron chi connectivity index (χ4n) is 4.94. The van der Waals surface area contributed by atoms with Gasteiger partial charge in [-0.25, -0.2) is 29.1 Å². The van der Waals surface area contributed by atoms with Crippen molar-refractivity contribution < 1.29 is 93.4 Å². The van der Waals surface area contributed by atoms with Gasteiger partial charge in [-0.05, 0) is 0 Å². The van der Waals surface area contributed by atoms with E-state index < -0.39 is 113 Å². The zero-order valence-corrected chi connectivity index (χ0v) is 24.5. The Kier molecular flexibility index (Phi) is 11.4. The van der Waals surface area contributed by atoms with Gasteiger partial charge in [0.2, 0.25) is 0 Å². The van der Waals surface area contributed by atoms with E-state index in [1.807, 2.05) is 0 Å². The summed E-state index contributed by atoms with van der Waals surface area (Å²) in [6, 6.07) is 0. The minimum atomic E-state index is -5.64. The molecule has 0 aliphatic carbocycles. The summed E-state index contributed by atoms with van der Waals surface area (Å²) in [5.41, 5.74) is 6.13. The summed E-state index contributed by atoms with van der Waals surface area (Å²) in [7, 11) is -5.64. The number of ether oxygens (including phenoxy) is 4. The van der Waals surface area contributed by atoms with Crippen LogP contribution in [0.3, 0.4) is 0 Å². The molecule has 2 aromatic heterocycles. The van der Waals surface area contributed by atoms with Gasteiger partial charge in [-0.2, -0.15) is 0 Å². The van der Waals surface area contributed by atoms with Crippen LogP contribution in [0.4, 0.5) is 5.82 Å². The van der Waals surface area contributed by atoms with E-state index in [-0.39, 0.29) is 17.0 Å². The predicted octanol–water partition coefficient (Wildman–Crippen LogP) is -6.39. The van der Waals surface area contributed by atoms with E-state index in [1.165, 1.54) is 10.9 Å². The number of fused-ring (bicyclic) bond motifs is 1. The normalized spacial score (nSPS) is 32.6. The van der Waals surface area contributed by atoms with E-state index in [0.717, 1.165) is 6.33 Å². The maximum atomic E-state index is 11.9. The molecule has 0 amide bonds. The highest BCUT2D eigenvalue weighted by Gasteiger charge is 2.51. The van der Waals surface area contributed by atoms with Crippen molar-refractivity contribution >= 4 is 36.7 Å². The highest BCUT2D eigenvalue weighted by molar-refractivity contribution is 7.46. The van der Waals surface area contributed by atoms with Gasteiger partial charge in [0, 0.05) is 0 Å². The van der Waals surface area contributed by atoms with Gasteiger partial charge in [-0.1, -0.05) is 0 Å². The number of aromatic nitrogens is 4. The van der Waals surface area contributed by atoms with Gasteiger partial charge < -0.3 is 80.4 Å². The molecule has 13 atom stereocenters. The molecule has 0 radical (unpaired) electrons. The van der Waals surface area contributed by atoms with Gasteiger partial charge >= 0.3 is 19.8 Å². The third kappa shape index (κ3) is 7.83. The van der Waals surface area contributed by atoms with Gasteiger partial charge in [-0.15, -0.1) is 0 Å². The molecule has 47 heavy (non-hydrogen) atoms. The lowest BCUT2D eigenvalue weighted by molar-refractivity contribution is -0.324. The standard InChI is InChI=1S/C22H32N5O19P/c23-17-7-18(25-3-24-17)27(4-26-7)19-10(31)8(29)6(43-19)2-42-14-5(1-28)44-22(11(32)9(14)30)45-16(21(37)38)12(33)15(13(34)20(35)36)46-47(39,40)41/h3-6,8-16,19,22,28-34H,1-2H2,(H,35,36)(H,37,38)(H2,23,24,25)(H2,39,40,41)/t5-,6?,8+,9-,10+,11-,12?,13?,14-,15?,16?,19+,22-/m1/s1. The fourth-order valence-corrected chi connectivity index (χ4v) is 5.49. The van der Waals surface area contributed by atoms with Crippen LogP contribution in [-0.4, -0.2) is 174 Å². The average molecular weight is 701 g/mol. The highest BCUT2D eigenvalue weighted by Crippen LogP contribution is 2.40. The number of aliphatic hydroxyl groups is 7. The van der Waals surface area contributed by atoms with Crippen LogP contribution in [0, 0.1) is 0 Å². The Morgan fingerprint density at radius 1 is 0.979 bits per heavy atom. The molecular formula is C22H32N5O19P. The van der Waals surface area contributed by atoms with Gasteiger partial charge in [0.25, 0.3) is 0 Å². The van der Waals surface area contributed by atoms with Crippen LogP contribution in [0.2, 0.25) is 0 Å². The van der Waals surface area contributed by atoms with Crippen molar-refractivity contribution in [2.75, 3.05) is 18.9 Å². The number of nitrogens with zero attached hydrogens (tertiary/aromatic N) is 4. The minimum absolute atomic E-state index is 0.0418. The number of phosphoric ester groups is 1. The van der Waals surface area contributed by atoms with Crippen molar-refractivity contribution in [2.24, 2.45) is 0 Å². The monoisotopic (exact) mass is 701 g/mol. The molecule has 5 unspecified atom stereocenters. The topological polar surface area (TPSA) is 390 Å². The van der Waals surface area contributed by atoms with E-state index in [0.29, 0.717) is 0 Å². The molecule has 0 aromatic carbocycles. The Labute approximate surface area is 261 Å². The number of carboxylic acid groups (broad SMARTS) is 2. The van der Waals surface area contributed by atoms with E-state index in [9.17, 15) is 55.0 Å². The fraction of sp³-hybridized carbons (Fsp3) is 0.682. The zero-order valence-electron chi connectivity index (χ0n) is 23.6. The van der Waals surface area contributed by atoms with Crippen LogP contribution in [0.15, 0.2) is 12.7 Å². The number of nitrogen functional groups attached to an aromatic ring is 1. The number of hydrogen-bond donors (Lipinski definition) is 12. The molecule has 4 rings (SSSR count). The van der Waals surface area contributed by atoms with Gasteiger partial charge in [0.1, 0.15) is 66.8 Å². The van der Waals surface area contributed by atoms with Crippen LogP contribution in [-0.2, 0) is 37.6 Å². The van der Waals surface area contributed by atoms with Crippen molar-refractivity contribution in [3.8, 4) is 0 Å². The smallest absolute Gasteiger partial charge is 0.470 e. The van der Waals surface area contributed by atoms with Crippen molar-refractivity contribution in [1.82, 2.24) is 19.5 Å². The number of rotatable bonds is 14. The third-order valence-electron chi connectivity index (χ3n) is 7.27. The van der Waals surface area contributed by atoms with E-state index in [4.69, 9.17) is 39.6 Å². The lowest BCUT2D eigenvalue weighted by Crippen LogP contribution is -2.62. The molecule has 264 valence electrons. The Morgan fingerprint density at radius 2 is 1.66 bits per heavy atom. The molecule has 4 heterocycles. The number of aliphatic carboxylic acids is 2. The number of nitrogens with two attached hydrogens (primary N) is 1. The van der Waals surface area contributed by atoms with E-state index >= 15 is 0 Å². The Balaban J connectivity index is 1.45. The summed E-state index contributed by atoms with van der Waals surface area (Å²) in [6.07, 6.45) is -24.3. The van der Waals surface area contributed by atoms with Crippen molar-refractivity contribution in [3.05, 3.63) is 12.7 Å². The summed E-state index contributed by atoms with van der Waals surface area (Å²) < 4.78 is 38.2. The molecule has 2 aliphatic heterocycles. The van der Waals surface area contributed by atoms with Crippen LogP contribution < -0.4 is 5.73 Å². The van der Waals surface area contributed by atoms with E-state index in [2.05, 4.69) is 19.5 Å². The maximum Gasteiger partial charge on any atom is 0.470 e. The number of phosphoric acid groups is 1. The summed E-state index contributed by atoms with van der Waals surface area (Å²) in [4.78, 5) is 53.1. The Hall–Kier alpha value is -3.04. The number of carbonyl (C=O) groups is 2. The van der Waals surface area contributed by atoms with Crippen LogP contribution in [0.25, 0.3) is 11.2 Å². The third-order valence-corrected chi connectivity index (χ3v) is 7.78. The SMILES string of the molecule is Nc1ncnc2c1ncn2[C@H]1OC(CO[C@H]2[C@H](O)[C@@H](O)[C@@H](OC(C(=O)O)C(O)C(OP(=O)(O)O)C(O)C(=O)O)O[C@@H]2CO)[C@H](O)[C@@H]1O. The van der Waals surface area contributed by atoms with Gasteiger partial charge in [-0.3, -0.25) is 9.09 Å². The van der Waals surface area contributed by atoms with Gasteiger partial charge in [0.05, 0.1) is 19.5 Å².